The summed E-state index contributed by atoms with van der Waals surface area (Å²) >= 11 is 0. The SMILES string of the molecule is C=N/C=N\C(=C/C)CC. The highest BCUT2D eigenvalue weighted by Crippen LogP contribution is 1.99. The number of nitrogens with zero attached hydrogens (tertiary/aromatic N) is 2. The van der Waals surface area contributed by atoms with Crippen LogP contribution in [0.4, 0.5) is 0 Å². The lowest BCUT2D eigenvalue weighted by Gasteiger charge is -1.89. The number of hydrogen-bond acceptors (Lipinski definition) is 1. The van der Waals surface area contributed by atoms with Crippen molar-refractivity contribution in [1.29, 1.82) is 0 Å². The topological polar surface area (TPSA) is 24.7 Å². The molecule has 0 aromatic carbocycles. The molecular formula is C7H12N2. The Bertz CT molecular complexity index is 134. The van der Waals surface area contributed by atoms with E-state index in [-0.39, 0.29) is 0 Å². The molecule has 0 saturated carbocycles. The molecule has 0 atom stereocenters. The molecule has 0 radical (unpaired) electrons. The van der Waals surface area contributed by atoms with Crippen LogP contribution >= 0.6 is 0 Å². The summed E-state index contributed by atoms with van der Waals surface area (Å²) in [5.41, 5.74) is 1.04. The van der Waals surface area contributed by atoms with Crippen molar-refractivity contribution in [3.8, 4) is 0 Å². The molecule has 0 spiro atoms. The Kier molecular flexibility index (Phi) is 4.69. The van der Waals surface area contributed by atoms with Crippen molar-refractivity contribution < 1.29 is 0 Å². The zero-order valence-corrected chi connectivity index (χ0v) is 5.96. The lowest BCUT2D eigenvalue weighted by Crippen LogP contribution is -1.73. The van der Waals surface area contributed by atoms with Gasteiger partial charge in [-0.25, -0.2) is 4.99 Å². The fourth-order valence-corrected chi connectivity index (χ4v) is 0.485. The van der Waals surface area contributed by atoms with Crippen LogP contribution in [0.5, 0.6) is 0 Å². The van der Waals surface area contributed by atoms with E-state index in [9.17, 15) is 0 Å². The fraction of sp³-hybridized carbons (Fsp3) is 0.429. The minimum Gasteiger partial charge on any atom is -0.253 e. The third-order valence-corrected chi connectivity index (χ3v) is 1.00. The Hall–Kier alpha value is -0.920. The second-order valence-corrected chi connectivity index (χ2v) is 1.56. The highest BCUT2D eigenvalue weighted by atomic mass is 14.8. The summed E-state index contributed by atoms with van der Waals surface area (Å²) < 4.78 is 0. The van der Waals surface area contributed by atoms with Gasteiger partial charge >= 0.3 is 0 Å². The fourth-order valence-electron chi connectivity index (χ4n) is 0.485. The molecule has 2 heteroatoms. The van der Waals surface area contributed by atoms with E-state index >= 15 is 0 Å². The average molecular weight is 124 g/mol. The number of hydrogen-bond donors (Lipinski definition) is 0. The van der Waals surface area contributed by atoms with Gasteiger partial charge in [-0.05, 0) is 20.1 Å². The van der Waals surface area contributed by atoms with Crippen molar-refractivity contribution >= 4 is 13.1 Å². The Balaban J connectivity index is 3.84. The minimum atomic E-state index is 0.947. The molecule has 0 bridgehead atoms. The summed E-state index contributed by atoms with van der Waals surface area (Å²) in [5.74, 6) is 0. The van der Waals surface area contributed by atoms with E-state index in [2.05, 4.69) is 23.6 Å². The molecule has 2 nitrogen and oxygen atoms in total. The van der Waals surface area contributed by atoms with E-state index in [1.807, 2.05) is 13.0 Å². The molecule has 0 aromatic rings. The first-order valence-corrected chi connectivity index (χ1v) is 2.98. The van der Waals surface area contributed by atoms with E-state index in [0.717, 1.165) is 12.1 Å². The maximum atomic E-state index is 3.99. The van der Waals surface area contributed by atoms with Crippen LogP contribution in [0.2, 0.25) is 0 Å². The van der Waals surface area contributed by atoms with Crippen molar-refractivity contribution in [2.45, 2.75) is 20.3 Å². The van der Waals surface area contributed by atoms with Crippen molar-refractivity contribution in [2.75, 3.05) is 0 Å². The highest BCUT2D eigenvalue weighted by Gasteiger charge is 1.81. The summed E-state index contributed by atoms with van der Waals surface area (Å²) in [6, 6.07) is 0. The van der Waals surface area contributed by atoms with Crippen LogP contribution < -0.4 is 0 Å². The zero-order chi connectivity index (χ0) is 7.11. The van der Waals surface area contributed by atoms with Crippen molar-refractivity contribution in [3.63, 3.8) is 0 Å². The molecule has 0 fully saturated rings. The van der Waals surface area contributed by atoms with Gasteiger partial charge in [0.15, 0.2) is 0 Å². The Morgan fingerprint density at radius 1 is 1.67 bits per heavy atom. The van der Waals surface area contributed by atoms with Gasteiger partial charge in [-0.15, -0.1) is 0 Å². The van der Waals surface area contributed by atoms with E-state index in [1.165, 1.54) is 6.34 Å². The molecule has 0 saturated heterocycles. The summed E-state index contributed by atoms with van der Waals surface area (Å²) in [4.78, 5) is 7.48. The molecule has 0 rings (SSSR count). The zero-order valence-electron chi connectivity index (χ0n) is 5.96. The monoisotopic (exact) mass is 124 g/mol. The van der Waals surface area contributed by atoms with Gasteiger partial charge in [0.05, 0.1) is 0 Å². The highest BCUT2D eigenvalue weighted by molar-refractivity contribution is 5.63. The minimum absolute atomic E-state index is 0.947. The van der Waals surface area contributed by atoms with E-state index in [1.54, 1.807) is 0 Å². The van der Waals surface area contributed by atoms with E-state index in [0.29, 0.717) is 0 Å². The van der Waals surface area contributed by atoms with Crippen LogP contribution in [0.3, 0.4) is 0 Å². The maximum absolute atomic E-state index is 3.99. The summed E-state index contributed by atoms with van der Waals surface area (Å²) in [6.07, 6.45) is 4.36. The van der Waals surface area contributed by atoms with Gasteiger partial charge in [0.1, 0.15) is 6.34 Å². The molecular weight excluding hydrogens is 112 g/mol. The molecule has 0 aliphatic heterocycles. The lowest BCUT2D eigenvalue weighted by atomic mass is 10.3. The third-order valence-electron chi connectivity index (χ3n) is 1.00. The van der Waals surface area contributed by atoms with Gasteiger partial charge in [-0.1, -0.05) is 13.0 Å². The molecule has 0 heterocycles. The lowest BCUT2D eigenvalue weighted by molar-refractivity contribution is 1.06. The van der Waals surface area contributed by atoms with Gasteiger partial charge in [-0.3, -0.25) is 4.99 Å². The Morgan fingerprint density at radius 3 is 2.67 bits per heavy atom. The molecule has 0 aliphatic rings. The molecule has 9 heavy (non-hydrogen) atoms. The first kappa shape index (κ1) is 8.08. The Morgan fingerprint density at radius 2 is 2.33 bits per heavy atom. The molecule has 0 unspecified atom stereocenters. The second kappa shape index (κ2) is 5.22. The van der Waals surface area contributed by atoms with E-state index < -0.39 is 0 Å². The van der Waals surface area contributed by atoms with Crippen molar-refractivity contribution in [1.82, 2.24) is 0 Å². The van der Waals surface area contributed by atoms with E-state index in [4.69, 9.17) is 0 Å². The van der Waals surface area contributed by atoms with Gasteiger partial charge in [0.25, 0.3) is 0 Å². The van der Waals surface area contributed by atoms with Gasteiger partial charge in [0.2, 0.25) is 0 Å². The summed E-state index contributed by atoms with van der Waals surface area (Å²) in [6.45, 7) is 7.28. The normalized spacial score (nSPS) is 12.4. The predicted octanol–water partition coefficient (Wildman–Crippen LogP) is 2.03. The number of allylic oxidation sites excluding steroid dienone is 2. The smallest absolute Gasteiger partial charge is 0.114 e. The molecule has 50 valence electrons. The van der Waals surface area contributed by atoms with Crippen LogP contribution in [-0.2, 0) is 0 Å². The maximum Gasteiger partial charge on any atom is 0.114 e. The van der Waals surface area contributed by atoms with Gasteiger partial charge < -0.3 is 0 Å². The summed E-state index contributed by atoms with van der Waals surface area (Å²) in [5, 5.41) is 0. The standard InChI is InChI=1S/C7H12N2/c1-4-7(5-2)9-6-8-3/h4,6H,3,5H2,1-2H3/b7-4-,9-6-. The van der Waals surface area contributed by atoms with Crippen LogP contribution in [0.15, 0.2) is 21.8 Å². The van der Waals surface area contributed by atoms with Crippen LogP contribution in [-0.4, -0.2) is 13.1 Å². The van der Waals surface area contributed by atoms with Crippen molar-refractivity contribution in [3.05, 3.63) is 11.8 Å². The average Bonchev–Trinajstić information content (AvgIpc) is 1.91. The molecule has 0 aliphatic carbocycles. The van der Waals surface area contributed by atoms with Gasteiger partial charge in [-0.2, -0.15) is 0 Å². The molecule has 0 aromatic heterocycles. The number of aliphatic imine (C=N–C) groups is 2. The summed E-state index contributed by atoms with van der Waals surface area (Å²) in [7, 11) is 0. The molecule has 0 amide bonds. The van der Waals surface area contributed by atoms with Crippen molar-refractivity contribution in [2.24, 2.45) is 9.98 Å². The Labute approximate surface area is 56.0 Å². The second-order valence-electron chi connectivity index (χ2n) is 1.56. The first-order chi connectivity index (χ1) is 4.35. The largest absolute Gasteiger partial charge is 0.253 e. The third kappa shape index (κ3) is 3.64. The quantitative estimate of drug-likeness (QED) is 0.406. The molecule has 0 N–H and O–H groups in total. The first-order valence-electron chi connectivity index (χ1n) is 2.98. The van der Waals surface area contributed by atoms with Crippen LogP contribution in [0, 0.1) is 0 Å². The van der Waals surface area contributed by atoms with Gasteiger partial charge in [0, 0.05) is 5.70 Å². The van der Waals surface area contributed by atoms with Crippen LogP contribution in [0.1, 0.15) is 20.3 Å². The predicted molar refractivity (Wildman–Crippen MR) is 42.1 cm³/mol. The number of rotatable bonds is 3. The van der Waals surface area contributed by atoms with Crippen LogP contribution in [0.25, 0.3) is 0 Å².